The van der Waals surface area contributed by atoms with Crippen molar-refractivity contribution in [1.82, 2.24) is 15.1 Å². The van der Waals surface area contributed by atoms with Crippen molar-refractivity contribution in [3.05, 3.63) is 56.9 Å². The van der Waals surface area contributed by atoms with Crippen LogP contribution in [0.1, 0.15) is 46.7 Å². The highest BCUT2D eigenvalue weighted by atomic mass is 16.6. The van der Waals surface area contributed by atoms with Crippen molar-refractivity contribution in [1.29, 1.82) is 0 Å². The van der Waals surface area contributed by atoms with Crippen molar-refractivity contribution < 1.29 is 9.72 Å². The number of aryl methyl sites for hydroxylation is 2. The molecule has 2 aromatic rings. The second-order valence-corrected chi connectivity index (χ2v) is 5.42. The number of nitro groups is 1. The van der Waals surface area contributed by atoms with Crippen molar-refractivity contribution in [2.24, 2.45) is 7.05 Å². The molecule has 2 rings (SSSR count). The summed E-state index contributed by atoms with van der Waals surface area (Å²) in [7, 11) is 1.85. The Morgan fingerprint density at radius 3 is 2.57 bits per heavy atom. The summed E-state index contributed by atoms with van der Waals surface area (Å²) in [6.07, 6.45) is 0.666. The van der Waals surface area contributed by atoms with Crippen molar-refractivity contribution in [2.45, 2.75) is 33.2 Å². The molecule has 1 aromatic heterocycles. The Morgan fingerprint density at radius 2 is 2.04 bits per heavy atom. The number of benzene rings is 1. The minimum Gasteiger partial charge on any atom is -0.345 e. The normalized spacial score (nSPS) is 12.0. The van der Waals surface area contributed by atoms with Crippen LogP contribution in [0.5, 0.6) is 0 Å². The summed E-state index contributed by atoms with van der Waals surface area (Å²) >= 11 is 0. The maximum absolute atomic E-state index is 12.5. The third kappa shape index (κ3) is 3.23. The zero-order chi connectivity index (χ0) is 17.1. The van der Waals surface area contributed by atoms with E-state index in [1.165, 1.54) is 12.1 Å². The van der Waals surface area contributed by atoms with Crippen molar-refractivity contribution in [3.8, 4) is 0 Å². The topological polar surface area (TPSA) is 90.1 Å². The summed E-state index contributed by atoms with van der Waals surface area (Å²) in [5.41, 5.74) is 2.65. The van der Waals surface area contributed by atoms with Gasteiger partial charge in [0.05, 0.1) is 16.7 Å². The number of amides is 1. The molecular formula is C16H20N4O3. The second-order valence-electron chi connectivity index (χ2n) is 5.42. The van der Waals surface area contributed by atoms with Gasteiger partial charge in [-0.05, 0) is 26.3 Å². The van der Waals surface area contributed by atoms with Crippen molar-refractivity contribution in [2.75, 3.05) is 0 Å². The summed E-state index contributed by atoms with van der Waals surface area (Å²) in [6.45, 7) is 5.79. The van der Waals surface area contributed by atoms with Gasteiger partial charge in [-0.25, -0.2) is 0 Å². The molecule has 0 bridgehead atoms. The Morgan fingerprint density at radius 1 is 1.39 bits per heavy atom. The molecule has 1 aromatic carbocycles. The lowest BCUT2D eigenvalue weighted by molar-refractivity contribution is -0.385. The first-order valence-corrected chi connectivity index (χ1v) is 7.41. The number of rotatable bonds is 5. The molecule has 122 valence electrons. The van der Waals surface area contributed by atoms with E-state index < -0.39 is 10.8 Å². The number of para-hydroxylation sites is 1. The van der Waals surface area contributed by atoms with Gasteiger partial charge in [0, 0.05) is 24.4 Å². The predicted molar refractivity (Wildman–Crippen MR) is 86.3 cm³/mol. The first kappa shape index (κ1) is 16.7. The van der Waals surface area contributed by atoms with Crippen LogP contribution in [0.4, 0.5) is 5.69 Å². The van der Waals surface area contributed by atoms with Crippen LogP contribution in [0.25, 0.3) is 0 Å². The Kier molecular flexibility index (Phi) is 4.78. The predicted octanol–water partition coefficient (Wildman–Crippen LogP) is 2.83. The van der Waals surface area contributed by atoms with E-state index in [9.17, 15) is 14.9 Å². The van der Waals surface area contributed by atoms with Crippen LogP contribution in [0.3, 0.4) is 0 Å². The van der Waals surface area contributed by atoms with E-state index in [2.05, 4.69) is 10.4 Å². The fourth-order valence-corrected chi connectivity index (χ4v) is 2.73. The number of nitrogens with one attached hydrogen (secondary N) is 1. The van der Waals surface area contributed by atoms with Gasteiger partial charge in [-0.1, -0.05) is 19.1 Å². The van der Waals surface area contributed by atoms with Crippen LogP contribution in [0.15, 0.2) is 24.3 Å². The fourth-order valence-electron chi connectivity index (χ4n) is 2.73. The Bertz CT molecular complexity index is 752. The largest absolute Gasteiger partial charge is 0.345 e. The van der Waals surface area contributed by atoms with Gasteiger partial charge in [0.15, 0.2) is 0 Å². The van der Waals surface area contributed by atoms with E-state index in [0.717, 1.165) is 17.0 Å². The van der Waals surface area contributed by atoms with E-state index in [0.29, 0.717) is 6.42 Å². The molecule has 0 aliphatic carbocycles. The highest BCUT2D eigenvalue weighted by Gasteiger charge is 2.24. The van der Waals surface area contributed by atoms with Gasteiger partial charge in [0.25, 0.3) is 11.6 Å². The van der Waals surface area contributed by atoms with Crippen molar-refractivity contribution >= 4 is 11.6 Å². The van der Waals surface area contributed by atoms with E-state index in [1.54, 1.807) is 16.8 Å². The first-order chi connectivity index (χ1) is 10.9. The van der Waals surface area contributed by atoms with Crippen LogP contribution in [-0.2, 0) is 7.05 Å². The summed E-state index contributed by atoms with van der Waals surface area (Å²) in [4.78, 5) is 23.0. The third-order valence-electron chi connectivity index (χ3n) is 3.97. The number of aromatic nitrogens is 2. The molecule has 1 N–H and O–H groups in total. The number of hydrogen-bond acceptors (Lipinski definition) is 4. The molecule has 0 saturated carbocycles. The molecule has 1 atom stereocenters. The minimum atomic E-state index is -0.545. The van der Waals surface area contributed by atoms with Crippen LogP contribution in [0.2, 0.25) is 0 Å². The fraction of sp³-hybridized carbons (Fsp3) is 0.375. The average Bonchev–Trinajstić information content (AvgIpc) is 2.77. The number of nitro benzene ring substituents is 1. The highest BCUT2D eigenvalue weighted by molar-refractivity contribution is 5.98. The minimum absolute atomic E-state index is 0.0650. The molecule has 1 amide bonds. The van der Waals surface area contributed by atoms with Crippen LogP contribution in [0, 0.1) is 24.0 Å². The summed E-state index contributed by atoms with van der Waals surface area (Å²) < 4.78 is 1.77. The number of carbonyl (C=O) groups excluding carboxylic acids is 1. The van der Waals surface area contributed by atoms with E-state index >= 15 is 0 Å². The molecule has 23 heavy (non-hydrogen) atoms. The molecule has 0 saturated heterocycles. The second kappa shape index (κ2) is 6.60. The van der Waals surface area contributed by atoms with Gasteiger partial charge in [-0.2, -0.15) is 5.10 Å². The lowest BCUT2D eigenvalue weighted by atomic mass is 10.0. The SMILES string of the molecule is CC[C@H](NC(=O)c1ccccc1[N+](=O)[O-])c1c(C)nn(C)c1C. The van der Waals surface area contributed by atoms with Gasteiger partial charge in [0.2, 0.25) is 0 Å². The lowest BCUT2D eigenvalue weighted by Gasteiger charge is -2.18. The molecule has 0 aliphatic heterocycles. The molecule has 0 unspecified atom stereocenters. The monoisotopic (exact) mass is 316 g/mol. The molecule has 1 heterocycles. The van der Waals surface area contributed by atoms with Gasteiger partial charge < -0.3 is 5.32 Å². The molecule has 0 radical (unpaired) electrons. The lowest BCUT2D eigenvalue weighted by Crippen LogP contribution is -2.29. The standard InChI is InChI=1S/C16H20N4O3/c1-5-13(15-10(2)18-19(4)11(15)3)17-16(21)12-8-6-7-9-14(12)20(22)23/h6-9,13H,5H2,1-4H3,(H,17,21)/t13-/m0/s1. The highest BCUT2D eigenvalue weighted by Crippen LogP contribution is 2.25. The van der Waals surface area contributed by atoms with Crippen molar-refractivity contribution in [3.63, 3.8) is 0 Å². The summed E-state index contributed by atoms with van der Waals surface area (Å²) in [5, 5.41) is 18.3. The molecule has 7 nitrogen and oxygen atoms in total. The van der Waals surface area contributed by atoms with Crippen LogP contribution in [-0.4, -0.2) is 20.6 Å². The van der Waals surface area contributed by atoms with Gasteiger partial charge in [0.1, 0.15) is 5.56 Å². The van der Waals surface area contributed by atoms with E-state index in [4.69, 9.17) is 0 Å². The van der Waals surface area contributed by atoms with Crippen LogP contribution < -0.4 is 5.32 Å². The summed E-state index contributed by atoms with van der Waals surface area (Å²) in [5.74, 6) is -0.452. The molecule has 7 heteroatoms. The maximum Gasteiger partial charge on any atom is 0.282 e. The number of hydrogen-bond donors (Lipinski definition) is 1. The van der Waals surface area contributed by atoms with E-state index in [-0.39, 0.29) is 17.3 Å². The van der Waals surface area contributed by atoms with Gasteiger partial charge in [-0.15, -0.1) is 0 Å². The smallest absolute Gasteiger partial charge is 0.282 e. The average molecular weight is 316 g/mol. The molecule has 0 fully saturated rings. The first-order valence-electron chi connectivity index (χ1n) is 7.41. The molecular weight excluding hydrogens is 296 g/mol. The third-order valence-corrected chi connectivity index (χ3v) is 3.97. The zero-order valence-electron chi connectivity index (χ0n) is 13.7. The number of carbonyl (C=O) groups is 1. The maximum atomic E-state index is 12.5. The molecule has 0 spiro atoms. The quantitative estimate of drug-likeness (QED) is 0.678. The Labute approximate surface area is 134 Å². The Balaban J connectivity index is 2.33. The number of nitrogens with zero attached hydrogens (tertiary/aromatic N) is 3. The van der Waals surface area contributed by atoms with Gasteiger partial charge >= 0.3 is 0 Å². The zero-order valence-corrected chi connectivity index (χ0v) is 13.7. The van der Waals surface area contributed by atoms with Gasteiger partial charge in [-0.3, -0.25) is 19.6 Å². The molecule has 0 aliphatic rings. The summed E-state index contributed by atoms with van der Waals surface area (Å²) in [6, 6.07) is 5.71. The van der Waals surface area contributed by atoms with Crippen LogP contribution >= 0.6 is 0 Å². The Hall–Kier alpha value is -2.70. The van der Waals surface area contributed by atoms with E-state index in [1.807, 2.05) is 27.8 Å².